The fourth-order valence-electron chi connectivity index (χ4n) is 5.75. The fourth-order valence-corrected chi connectivity index (χ4v) is 5.99. The lowest BCUT2D eigenvalue weighted by molar-refractivity contribution is -0.122. The molecule has 5 rings (SSSR count). The third kappa shape index (κ3) is 9.30. The van der Waals surface area contributed by atoms with Gasteiger partial charge in [-0.2, -0.15) is 0 Å². The molecule has 0 radical (unpaired) electrons. The number of amides is 1. The van der Waals surface area contributed by atoms with Gasteiger partial charge in [-0.1, -0.05) is 48.4 Å². The molecule has 0 atom stereocenters. The average molecular weight is 665 g/mol. The van der Waals surface area contributed by atoms with Gasteiger partial charge in [0, 0.05) is 36.9 Å². The first-order valence-electron chi connectivity index (χ1n) is 15.4. The largest absolute Gasteiger partial charge is 0.488 e. The maximum absolute atomic E-state index is 13.8. The van der Waals surface area contributed by atoms with E-state index >= 15 is 0 Å². The summed E-state index contributed by atoms with van der Waals surface area (Å²) in [5.74, 6) is -0.403. The van der Waals surface area contributed by atoms with E-state index in [-0.39, 0.29) is 25.6 Å². The molecule has 1 fully saturated rings. The Bertz CT molecular complexity index is 1690. The molecular formula is C37H39ClF2N2O5. The summed E-state index contributed by atoms with van der Waals surface area (Å²) < 4.78 is 40.1. The van der Waals surface area contributed by atoms with E-state index in [0.717, 1.165) is 65.4 Å². The smallest absolute Gasteiger partial charge is 0.290 e. The number of piperidine rings is 1. The zero-order valence-corrected chi connectivity index (χ0v) is 27.5. The van der Waals surface area contributed by atoms with Crippen molar-refractivity contribution < 1.29 is 33.0 Å². The van der Waals surface area contributed by atoms with Crippen LogP contribution in [0.5, 0.6) is 11.5 Å². The first kappa shape index (κ1) is 35.4. The van der Waals surface area contributed by atoms with Crippen LogP contribution in [0.1, 0.15) is 57.4 Å². The van der Waals surface area contributed by atoms with Crippen molar-refractivity contribution in [1.29, 1.82) is 0 Å². The number of nitrogens with zero attached hydrogens (tertiary/aromatic N) is 1. The van der Waals surface area contributed by atoms with Gasteiger partial charge in [0.05, 0.1) is 5.02 Å². The number of benzene rings is 4. The van der Waals surface area contributed by atoms with Crippen LogP contribution < -0.4 is 14.8 Å². The third-order valence-electron chi connectivity index (χ3n) is 8.20. The van der Waals surface area contributed by atoms with Gasteiger partial charge in [-0.3, -0.25) is 14.5 Å². The molecule has 1 heterocycles. The van der Waals surface area contributed by atoms with Crippen LogP contribution in [0, 0.1) is 25.5 Å². The molecule has 10 heteroatoms. The second kappa shape index (κ2) is 16.9. The lowest BCUT2D eigenvalue weighted by atomic mass is 9.91. The minimum absolute atomic E-state index is 0.00161. The highest BCUT2D eigenvalue weighted by molar-refractivity contribution is 6.32. The van der Waals surface area contributed by atoms with Crippen LogP contribution in [-0.2, 0) is 24.6 Å². The van der Waals surface area contributed by atoms with Crippen LogP contribution in [0.4, 0.5) is 8.78 Å². The van der Waals surface area contributed by atoms with E-state index in [1.54, 1.807) is 13.1 Å². The van der Waals surface area contributed by atoms with Gasteiger partial charge in [-0.05, 0) is 97.4 Å². The Balaban J connectivity index is 0.00000160. The molecule has 1 aliphatic heterocycles. The predicted octanol–water partition coefficient (Wildman–Crippen LogP) is 8.11. The van der Waals surface area contributed by atoms with Gasteiger partial charge in [0.25, 0.3) is 12.4 Å². The third-order valence-corrected chi connectivity index (χ3v) is 8.49. The number of likely N-dealkylation sites (tertiary alicyclic amines) is 1. The molecule has 0 bridgehead atoms. The summed E-state index contributed by atoms with van der Waals surface area (Å²) >= 11 is 6.76. The Morgan fingerprint density at radius 3 is 2.15 bits per heavy atom. The van der Waals surface area contributed by atoms with Gasteiger partial charge in [-0.15, -0.1) is 0 Å². The molecule has 4 aromatic rings. The number of halogens is 3. The molecule has 1 amide bonds. The van der Waals surface area contributed by atoms with Crippen molar-refractivity contribution in [2.75, 3.05) is 20.1 Å². The summed E-state index contributed by atoms with van der Waals surface area (Å²) in [6.07, 6.45) is 3.50. The highest BCUT2D eigenvalue weighted by Gasteiger charge is 2.18. The van der Waals surface area contributed by atoms with Gasteiger partial charge in [-0.25, -0.2) is 8.78 Å². The Labute approximate surface area is 279 Å². The van der Waals surface area contributed by atoms with Crippen LogP contribution in [0.15, 0.2) is 66.7 Å². The van der Waals surface area contributed by atoms with E-state index in [0.29, 0.717) is 34.2 Å². The predicted molar refractivity (Wildman–Crippen MR) is 179 cm³/mol. The van der Waals surface area contributed by atoms with E-state index < -0.39 is 11.6 Å². The molecule has 4 aromatic carbocycles. The minimum Gasteiger partial charge on any atom is -0.488 e. The number of rotatable bonds is 10. The van der Waals surface area contributed by atoms with Gasteiger partial charge in [0.15, 0.2) is 0 Å². The first-order valence-corrected chi connectivity index (χ1v) is 15.8. The van der Waals surface area contributed by atoms with Crippen molar-refractivity contribution in [2.45, 2.75) is 52.9 Å². The summed E-state index contributed by atoms with van der Waals surface area (Å²) in [7, 11) is 1.63. The maximum Gasteiger partial charge on any atom is 0.290 e. The second-order valence-electron chi connectivity index (χ2n) is 11.3. The van der Waals surface area contributed by atoms with Crippen LogP contribution in [-0.4, -0.2) is 42.5 Å². The number of carboxylic acid groups (broad SMARTS) is 1. The van der Waals surface area contributed by atoms with Gasteiger partial charge in [0.1, 0.15) is 36.3 Å². The first-order chi connectivity index (χ1) is 22.6. The lowest BCUT2D eigenvalue weighted by Crippen LogP contribution is -2.29. The highest BCUT2D eigenvalue weighted by Crippen LogP contribution is 2.36. The van der Waals surface area contributed by atoms with Gasteiger partial charge >= 0.3 is 0 Å². The lowest BCUT2D eigenvalue weighted by Gasteiger charge is -2.27. The SMILES string of the molecule is CNC(=O)c1cccc(-c2cccc(COc3cc(OCc4cc(F)cc(F)c4)c(CN4CCCCC4)cc3Cl)c2C)c1C.O=CO. The maximum atomic E-state index is 13.8. The molecule has 47 heavy (non-hydrogen) atoms. The Kier molecular flexibility index (Phi) is 12.7. The van der Waals surface area contributed by atoms with E-state index in [4.69, 9.17) is 31.0 Å². The molecule has 0 saturated carbocycles. The van der Waals surface area contributed by atoms with Crippen molar-refractivity contribution in [3.05, 3.63) is 117 Å². The topological polar surface area (TPSA) is 88.1 Å². The van der Waals surface area contributed by atoms with Gasteiger partial charge < -0.3 is 19.9 Å². The van der Waals surface area contributed by atoms with Crippen molar-refractivity contribution in [3.63, 3.8) is 0 Å². The number of carbonyl (C=O) groups excluding carboxylic acids is 1. The fraction of sp³-hybridized carbons (Fsp3) is 0.297. The monoisotopic (exact) mass is 664 g/mol. The summed E-state index contributed by atoms with van der Waals surface area (Å²) in [6, 6.07) is 18.8. The summed E-state index contributed by atoms with van der Waals surface area (Å²) in [4.78, 5) is 23.1. The zero-order chi connectivity index (χ0) is 33.9. The van der Waals surface area contributed by atoms with Crippen LogP contribution in [0.25, 0.3) is 11.1 Å². The van der Waals surface area contributed by atoms with Crippen molar-refractivity contribution >= 4 is 24.0 Å². The Morgan fingerprint density at radius 1 is 0.872 bits per heavy atom. The molecule has 0 spiro atoms. The Morgan fingerprint density at radius 2 is 1.49 bits per heavy atom. The summed E-state index contributed by atoms with van der Waals surface area (Å²) in [5.41, 5.74) is 6.83. The van der Waals surface area contributed by atoms with Crippen LogP contribution in [0.2, 0.25) is 5.02 Å². The molecule has 0 unspecified atom stereocenters. The van der Waals surface area contributed by atoms with Crippen molar-refractivity contribution in [2.24, 2.45) is 0 Å². The molecule has 2 N–H and O–H groups in total. The van der Waals surface area contributed by atoms with Crippen molar-refractivity contribution in [3.8, 4) is 22.6 Å². The number of ether oxygens (including phenoxy) is 2. The molecular weight excluding hydrogens is 626 g/mol. The summed E-state index contributed by atoms with van der Waals surface area (Å²) in [5, 5.41) is 10.1. The van der Waals surface area contributed by atoms with Crippen molar-refractivity contribution in [1.82, 2.24) is 10.2 Å². The quantitative estimate of drug-likeness (QED) is 0.167. The summed E-state index contributed by atoms with van der Waals surface area (Å²) in [6.45, 7) is 6.63. The van der Waals surface area contributed by atoms with Crippen LogP contribution >= 0.6 is 11.6 Å². The molecule has 248 valence electrons. The number of carbonyl (C=O) groups is 2. The van der Waals surface area contributed by atoms with E-state index in [9.17, 15) is 13.6 Å². The minimum atomic E-state index is -0.648. The normalized spacial score (nSPS) is 12.9. The standard InChI is InChI=1S/C36H37ClF2N2O3.CH2O2/c1-23-26(9-7-10-30(23)31-11-8-12-32(24(31)2)36(42)40-3)22-44-35-19-34(43-21-25-15-28(38)18-29(39)16-25)27(17-33(35)37)20-41-13-5-4-6-14-41;2-1-3/h7-12,15-19H,4-6,13-14,20-22H2,1-3H3,(H,40,42);1H,(H,2,3). The number of hydrogen-bond donors (Lipinski definition) is 2. The molecule has 0 aromatic heterocycles. The van der Waals surface area contributed by atoms with E-state index in [2.05, 4.69) is 10.2 Å². The second-order valence-corrected chi connectivity index (χ2v) is 11.7. The van der Waals surface area contributed by atoms with Gasteiger partial charge in [0.2, 0.25) is 0 Å². The van der Waals surface area contributed by atoms with E-state index in [1.165, 1.54) is 18.6 Å². The zero-order valence-electron chi connectivity index (χ0n) is 26.7. The molecule has 7 nitrogen and oxygen atoms in total. The highest BCUT2D eigenvalue weighted by atomic mass is 35.5. The molecule has 1 aliphatic rings. The van der Waals surface area contributed by atoms with E-state index in [1.807, 2.05) is 56.3 Å². The Hall–Kier alpha value is -4.47. The average Bonchev–Trinajstić information content (AvgIpc) is 3.05. The number of hydrogen-bond acceptors (Lipinski definition) is 5. The molecule has 0 aliphatic carbocycles. The molecule has 1 saturated heterocycles. The van der Waals surface area contributed by atoms with Crippen LogP contribution in [0.3, 0.4) is 0 Å². The number of nitrogens with one attached hydrogen (secondary N) is 1.